The summed E-state index contributed by atoms with van der Waals surface area (Å²) in [4.78, 5) is 23.8. The lowest BCUT2D eigenvalue weighted by Gasteiger charge is -2.11. The fraction of sp³-hybridized carbons (Fsp3) is 0.111. The highest BCUT2D eigenvalue weighted by Gasteiger charge is 2.30. The van der Waals surface area contributed by atoms with Crippen LogP contribution in [-0.2, 0) is 12.7 Å². The monoisotopic (exact) mass is 347 g/mol. The fourth-order valence-corrected chi connectivity index (χ4v) is 2.63. The molecule has 128 valence electrons. The van der Waals surface area contributed by atoms with Gasteiger partial charge in [0.25, 0.3) is 5.56 Å². The van der Waals surface area contributed by atoms with Gasteiger partial charge in [-0.2, -0.15) is 13.2 Å². The second-order valence-corrected chi connectivity index (χ2v) is 5.51. The Morgan fingerprint density at radius 2 is 1.80 bits per heavy atom. The zero-order valence-electron chi connectivity index (χ0n) is 12.7. The van der Waals surface area contributed by atoms with Crippen molar-refractivity contribution in [2.45, 2.75) is 12.7 Å². The minimum Gasteiger partial charge on any atom is -0.478 e. The molecule has 0 radical (unpaired) electrons. The third-order valence-electron chi connectivity index (χ3n) is 3.89. The SMILES string of the molecule is O=C(O)c1ccccc1Cn1ccc2ccc(C(F)(F)F)cc2c1=O. The molecular formula is C18H12F3NO3. The second-order valence-electron chi connectivity index (χ2n) is 5.51. The molecule has 0 fully saturated rings. The molecule has 2 aromatic carbocycles. The Balaban J connectivity index is 2.11. The van der Waals surface area contributed by atoms with Crippen LogP contribution in [0.3, 0.4) is 0 Å². The molecule has 0 aliphatic carbocycles. The van der Waals surface area contributed by atoms with Crippen molar-refractivity contribution < 1.29 is 23.1 Å². The maximum atomic E-state index is 12.9. The Morgan fingerprint density at radius 1 is 1.08 bits per heavy atom. The smallest absolute Gasteiger partial charge is 0.416 e. The largest absolute Gasteiger partial charge is 0.478 e. The second kappa shape index (κ2) is 6.08. The van der Waals surface area contributed by atoms with Gasteiger partial charge < -0.3 is 9.67 Å². The maximum Gasteiger partial charge on any atom is 0.416 e. The molecule has 0 aliphatic rings. The van der Waals surface area contributed by atoms with Crippen molar-refractivity contribution in [2.75, 3.05) is 0 Å². The first-order chi connectivity index (χ1) is 11.8. The minimum atomic E-state index is -4.54. The van der Waals surface area contributed by atoms with Crippen LogP contribution in [0.15, 0.2) is 59.5 Å². The number of carbonyl (C=O) groups is 1. The van der Waals surface area contributed by atoms with Gasteiger partial charge in [-0.15, -0.1) is 0 Å². The molecule has 0 saturated heterocycles. The molecule has 4 nitrogen and oxygen atoms in total. The number of aromatic carboxylic acids is 1. The Kier molecular flexibility index (Phi) is 4.08. The van der Waals surface area contributed by atoms with Crippen LogP contribution >= 0.6 is 0 Å². The van der Waals surface area contributed by atoms with Gasteiger partial charge in [0.05, 0.1) is 17.7 Å². The average Bonchev–Trinajstić information content (AvgIpc) is 2.56. The lowest BCUT2D eigenvalue weighted by atomic mass is 10.1. The first-order valence-electron chi connectivity index (χ1n) is 7.29. The Hall–Kier alpha value is -3.09. The third-order valence-corrected chi connectivity index (χ3v) is 3.89. The van der Waals surface area contributed by atoms with Gasteiger partial charge in [0, 0.05) is 11.6 Å². The summed E-state index contributed by atoms with van der Waals surface area (Å²) in [6.45, 7) is -0.0481. The van der Waals surface area contributed by atoms with E-state index in [-0.39, 0.29) is 17.5 Å². The van der Waals surface area contributed by atoms with Crippen molar-refractivity contribution >= 4 is 16.7 Å². The highest BCUT2D eigenvalue weighted by molar-refractivity contribution is 5.89. The molecule has 0 atom stereocenters. The number of rotatable bonds is 3. The molecule has 0 amide bonds. The lowest BCUT2D eigenvalue weighted by Crippen LogP contribution is -2.21. The van der Waals surface area contributed by atoms with E-state index in [4.69, 9.17) is 0 Å². The van der Waals surface area contributed by atoms with Gasteiger partial charge in [-0.1, -0.05) is 24.3 Å². The average molecular weight is 347 g/mol. The minimum absolute atomic E-state index is 0.0403. The molecule has 0 bridgehead atoms. The van der Waals surface area contributed by atoms with Gasteiger partial charge in [0.15, 0.2) is 0 Å². The van der Waals surface area contributed by atoms with Crippen molar-refractivity contribution in [3.8, 4) is 0 Å². The number of benzene rings is 2. The van der Waals surface area contributed by atoms with Crippen molar-refractivity contribution in [3.05, 3.63) is 81.8 Å². The van der Waals surface area contributed by atoms with E-state index in [0.29, 0.717) is 10.9 Å². The number of hydrogen-bond donors (Lipinski definition) is 1. The molecule has 7 heteroatoms. The van der Waals surface area contributed by atoms with Crippen LogP contribution in [0, 0.1) is 0 Å². The zero-order valence-corrected chi connectivity index (χ0v) is 12.7. The van der Waals surface area contributed by atoms with Crippen LogP contribution in [0.1, 0.15) is 21.5 Å². The van der Waals surface area contributed by atoms with Crippen molar-refractivity contribution in [1.82, 2.24) is 4.57 Å². The Bertz CT molecular complexity index is 1020. The van der Waals surface area contributed by atoms with Crippen LogP contribution in [0.25, 0.3) is 10.8 Å². The lowest BCUT2D eigenvalue weighted by molar-refractivity contribution is -0.137. The van der Waals surface area contributed by atoms with E-state index in [2.05, 4.69) is 0 Å². The molecule has 3 aromatic rings. The number of pyridine rings is 1. The highest BCUT2D eigenvalue weighted by Crippen LogP contribution is 2.30. The summed E-state index contributed by atoms with van der Waals surface area (Å²) in [5, 5.41) is 9.52. The normalized spacial score (nSPS) is 11.6. The van der Waals surface area contributed by atoms with Crippen LogP contribution in [0.5, 0.6) is 0 Å². The van der Waals surface area contributed by atoms with Crippen LogP contribution in [0.4, 0.5) is 13.2 Å². The molecule has 0 saturated carbocycles. The molecule has 0 aliphatic heterocycles. The molecule has 0 unspecified atom stereocenters. The van der Waals surface area contributed by atoms with E-state index in [1.807, 2.05) is 0 Å². The summed E-state index contributed by atoms with van der Waals surface area (Å²) in [5.74, 6) is -1.14. The van der Waals surface area contributed by atoms with E-state index in [1.165, 1.54) is 29.0 Å². The number of carboxylic acid groups (broad SMARTS) is 1. The predicted molar refractivity (Wildman–Crippen MR) is 85.7 cm³/mol. The number of nitrogens with zero attached hydrogens (tertiary/aromatic N) is 1. The van der Waals surface area contributed by atoms with Gasteiger partial charge in [-0.25, -0.2) is 4.79 Å². The number of alkyl halides is 3. The number of carboxylic acids is 1. The highest BCUT2D eigenvalue weighted by atomic mass is 19.4. The van der Waals surface area contributed by atoms with Crippen LogP contribution < -0.4 is 5.56 Å². The quantitative estimate of drug-likeness (QED) is 0.785. The number of halogens is 3. The standard InChI is InChI=1S/C18H12F3NO3/c19-18(20,21)13-6-5-11-7-8-22(16(23)15(11)9-13)10-12-3-1-2-4-14(12)17(24)25/h1-9H,10H2,(H,24,25). The summed E-state index contributed by atoms with van der Waals surface area (Å²) >= 11 is 0. The fourth-order valence-electron chi connectivity index (χ4n) is 2.63. The van der Waals surface area contributed by atoms with E-state index in [1.54, 1.807) is 18.2 Å². The topological polar surface area (TPSA) is 59.3 Å². The Labute approximate surface area is 139 Å². The molecule has 25 heavy (non-hydrogen) atoms. The summed E-state index contributed by atoms with van der Waals surface area (Å²) in [6, 6.07) is 10.7. The van der Waals surface area contributed by atoms with E-state index >= 15 is 0 Å². The van der Waals surface area contributed by atoms with Crippen LogP contribution in [0.2, 0.25) is 0 Å². The summed E-state index contributed by atoms with van der Waals surface area (Å²) in [7, 11) is 0. The van der Waals surface area contributed by atoms with E-state index < -0.39 is 23.3 Å². The van der Waals surface area contributed by atoms with Gasteiger partial charge in [0.2, 0.25) is 0 Å². The molecule has 3 rings (SSSR count). The van der Waals surface area contributed by atoms with E-state index in [0.717, 1.165) is 12.1 Å². The molecule has 0 spiro atoms. The van der Waals surface area contributed by atoms with Gasteiger partial charge in [-0.3, -0.25) is 4.79 Å². The molecular weight excluding hydrogens is 335 g/mol. The number of aromatic nitrogens is 1. The van der Waals surface area contributed by atoms with Crippen LogP contribution in [-0.4, -0.2) is 15.6 Å². The summed E-state index contributed by atoms with van der Waals surface area (Å²) in [6.07, 6.45) is -3.10. The molecule has 1 N–H and O–H groups in total. The van der Waals surface area contributed by atoms with Gasteiger partial charge >= 0.3 is 12.1 Å². The Morgan fingerprint density at radius 3 is 2.48 bits per heavy atom. The summed E-state index contributed by atoms with van der Waals surface area (Å²) in [5.41, 5.74) is -1.08. The zero-order chi connectivity index (χ0) is 18.2. The van der Waals surface area contributed by atoms with Gasteiger partial charge in [0.1, 0.15) is 0 Å². The van der Waals surface area contributed by atoms with Gasteiger partial charge in [-0.05, 0) is 35.2 Å². The summed E-state index contributed by atoms with van der Waals surface area (Å²) < 4.78 is 39.8. The van der Waals surface area contributed by atoms with Crippen molar-refractivity contribution in [2.24, 2.45) is 0 Å². The van der Waals surface area contributed by atoms with E-state index in [9.17, 15) is 27.9 Å². The maximum absolute atomic E-state index is 12.9. The number of fused-ring (bicyclic) bond motifs is 1. The van der Waals surface area contributed by atoms with Crippen molar-refractivity contribution in [1.29, 1.82) is 0 Å². The predicted octanol–water partition coefficient (Wildman–Crippen LogP) is 3.77. The first kappa shape index (κ1) is 16.8. The molecule has 1 heterocycles. The number of hydrogen-bond acceptors (Lipinski definition) is 2. The molecule has 1 aromatic heterocycles. The van der Waals surface area contributed by atoms with Crippen molar-refractivity contribution in [3.63, 3.8) is 0 Å². The first-order valence-corrected chi connectivity index (χ1v) is 7.29. The third kappa shape index (κ3) is 3.26.